The molecule has 1 saturated heterocycles. The molecule has 10 atom stereocenters. The molecule has 0 aromatic heterocycles. The van der Waals surface area contributed by atoms with E-state index in [1.165, 1.54) is 0 Å². The normalized spacial score (nSPS) is 15.6. The van der Waals surface area contributed by atoms with Gasteiger partial charge in [-0.1, -0.05) is 0 Å². The number of aldehydes is 1. The summed E-state index contributed by atoms with van der Waals surface area (Å²) in [6.45, 7) is -3.16. The van der Waals surface area contributed by atoms with Crippen LogP contribution in [-0.2, 0) is 57.5 Å². The van der Waals surface area contributed by atoms with Crippen molar-refractivity contribution in [1.29, 1.82) is 0 Å². The highest BCUT2D eigenvalue weighted by Crippen LogP contribution is 2.20. The fraction of sp³-hybridized carbons (Fsp3) is 0.667. The molecule has 490 valence electrons. The molecule has 0 bridgehead atoms. The largest absolute Gasteiger partial charge is 0.394 e. The van der Waals surface area contributed by atoms with Gasteiger partial charge in [0.2, 0.25) is 65.0 Å². The third-order valence-electron chi connectivity index (χ3n) is 12.8. The predicted molar refractivity (Wildman–Crippen MR) is 312 cm³/mol. The van der Waals surface area contributed by atoms with E-state index in [0.29, 0.717) is 6.29 Å². The van der Waals surface area contributed by atoms with Crippen molar-refractivity contribution >= 4 is 95.1 Å². The fourth-order valence-corrected chi connectivity index (χ4v) is 8.27. The van der Waals surface area contributed by atoms with Gasteiger partial charge in [-0.3, -0.25) is 72.7 Å². The molecule has 0 aliphatic carbocycles. The number of hydrogen-bond donors (Lipinski definition) is 22. The van der Waals surface area contributed by atoms with Gasteiger partial charge in [0.1, 0.15) is 60.7 Å². The van der Waals surface area contributed by atoms with Gasteiger partial charge in [0, 0.05) is 45.6 Å². The van der Waals surface area contributed by atoms with Crippen molar-refractivity contribution < 1.29 is 72.9 Å². The zero-order chi connectivity index (χ0) is 65.8. The van der Waals surface area contributed by atoms with Crippen molar-refractivity contribution in [2.24, 2.45) is 83.0 Å². The van der Waals surface area contributed by atoms with Gasteiger partial charge in [-0.2, -0.15) is 0 Å². The zero-order valence-corrected chi connectivity index (χ0v) is 48.2. The monoisotopic (exact) mass is 1240 g/mol. The molecule has 39 heteroatoms. The second-order valence-corrected chi connectivity index (χ2v) is 19.8. The first-order chi connectivity index (χ1) is 41.1. The van der Waals surface area contributed by atoms with Gasteiger partial charge < -0.3 is 131 Å². The Labute approximate surface area is 500 Å². The highest BCUT2D eigenvalue weighted by atomic mass is 16.3. The molecule has 0 spiro atoms. The van der Waals surface area contributed by atoms with E-state index in [-0.39, 0.29) is 140 Å². The maximum Gasteiger partial charge on any atom is 0.248 e. The van der Waals surface area contributed by atoms with Crippen molar-refractivity contribution in [2.45, 2.75) is 150 Å². The number of primary amides is 2. The smallest absolute Gasteiger partial charge is 0.248 e. The van der Waals surface area contributed by atoms with Crippen LogP contribution in [0.4, 0.5) is 0 Å². The van der Waals surface area contributed by atoms with E-state index >= 15 is 0 Å². The first-order valence-electron chi connectivity index (χ1n) is 27.6. The Bertz CT molecular complexity index is 2450. The summed E-state index contributed by atoms with van der Waals surface area (Å²) < 4.78 is 0. The minimum Gasteiger partial charge on any atom is -0.394 e. The number of nitrogens with zero attached hydrogens (tertiary/aromatic N) is 5. The number of aliphatic hydroxyl groups is 3. The molecule has 1 rings (SSSR count). The van der Waals surface area contributed by atoms with E-state index < -0.39 is 152 Å². The van der Waals surface area contributed by atoms with Crippen LogP contribution in [0.1, 0.15) is 89.9 Å². The lowest BCUT2D eigenvalue weighted by atomic mass is 10.0. The topological polar surface area (TPSA) is 701 Å². The molecule has 0 radical (unpaired) electrons. The molecule has 0 aromatic carbocycles. The van der Waals surface area contributed by atoms with Crippen LogP contribution in [0.2, 0.25) is 0 Å². The lowest BCUT2D eigenvalue weighted by molar-refractivity contribution is -0.143. The molecule has 1 aliphatic rings. The minimum atomic E-state index is -1.72. The van der Waals surface area contributed by atoms with Crippen molar-refractivity contribution in [3.63, 3.8) is 0 Å². The molecular weight excluding hydrogens is 1150 g/mol. The third-order valence-corrected chi connectivity index (χ3v) is 12.8. The third kappa shape index (κ3) is 30.4. The summed E-state index contributed by atoms with van der Waals surface area (Å²) in [4.78, 5) is 176. The summed E-state index contributed by atoms with van der Waals surface area (Å²) in [5.41, 5.74) is 60.0. The molecular formula is C48H88N24O15. The number of carbonyl (C=O) groups is 12. The van der Waals surface area contributed by atoms with Crippen LogP contribution in [0.15, 0.2) is 20.0 Å². The second kappa shape index (κ2) is 40.9. The van der Waals surface area contributed by atoms with Crippen LogP contribution in [0.3, 0.4) is 0 Å². The molecule has 39 nitrogen and oxygen atoms in total. The highest BCUT2D eigenvalue weighted by Gasteiger charge is 2.40. The van der Waals surface area contributed by atoms with Crippen molar-refractivity contribution in [1.82, 2.24) is 47.4 Å². The number of amides is 11. The molecule has 11 amide bonds. The van der Waals surface area contributed by atoms with Gasteiger partial charge >= 0.3 is 0 Å². The number of aliphatic hydroxyl groups excluding tert-OH is 3. The average Bonchev–Trinajstić information content (AvgIpc) is 2.66. The van der Waals surface area contributed by atoms with Gasteiger partial charge in [0.05, 0.1) is 25.9 Å². The van der Waals surface area contributed by atoms with E-state index in [4.69, 9.17) is 63.1 Å². The Hall–Kier alpha value is -9.24. The molecule has 1 heterocycles. The number of nitrogens with two attached hydrogens (primary N) is 11. The molecule has 33 N–H and O–H groups in total. The molecule has 0 aromatic rings. The summed E-state index contributed by atoms with van der Waals surface area (Å²) in [5.74, 6) is -11.8. The Morgan fingerprint density at radius 2 is 0.770 bits per heavy atom. The van der Waals surface area contributed by atoms with Crippen LogP contribution in [0, 0.1) is 0 Å². The SMILES string of the molecule is NC(=O)CC[C@@H](C=O)NC(=O)[C@H](CO)NC(=O)[C@H](CCCN=C(N)N)NC(=O)[C@H](CCCN=C(N)N)NC(=O)[C@H](CCCN=C(N)N)NC(=O)[C@H](CCCN=C(N)N)NC(=O)[C@@H]1CCCN1C(=O)[C@H](CO)NC(=O)[C@H](CCC(N)=O)NC(=O)[C@@H](N)CO. The highest BCUT2D eigenvalue weighted by molar-refractivity contribution is 5.99. The van der Waals surface area contributed by atoms with Crippen LogP contribution in [0.25, 0.3) is 0 Å². The number of likely N-dealkylation sites (tertiary alicyclic amines) is 1. The Kier molecular flexibility index (Phi) is 35.6. The van der Waals surface area contributed by atoms with Crippen molar-refractivity contribution in [3.05, 3.63) is 0 Å². The number of rotatable bonds is 43. The Morgan fingerprint density at radius 3 is 1.13 bits per heavy atom. The number of aliphatic imine (C=N–C) groups is 4. The van der Waals surface area contributed by atoms with Gasteiger partial charge in [0.25, 0.3) is 0 Å². The quantitative estimate of drug-likeness (QED) is 0.0117. The van der Waals surface area contributed by atoms with E-state index in [0.717, 1.165) is 4.90 Å². The molecule has 0 saturated carbocycles. The standard InChI is InChI=1S/C48H88N24O15/c49-25(21-74)36(79)65-30(12-14-35(51)78)41(84)71-32(23-76)44(87)72-19-5-10-33(72)43(86)69-29(9-4-18-63-48(58)59)39(82)67-27(7-2-16-61-46(54)55)37(80)66-26(6-1-15-60-45(52)53)38(81)68-28(8-3-17-62-47(56)57)40(83)70-31(22-75)42(85)64-24(20-73)11-13-34(50)77/h20,24-33,74-76H,1-19,21-23,49H2,(H2,50,77)(H2,51,78)(H,64,85)(H,65,79)(H,66,80)(H,67,82)(H,68,81)(H,69,86)(H,70,83)(H,71,84)(H4,52,53,60)(H4,54,55,61)(H4,56,57,62)(H4,58,59,63)/t24-,25-,26-,27-,28-,29-,30-,31-,32-,33-/m0/s1. The van der Waals surface area contributed by atoms with Crippen molar-refractivity contribution in [3.8, 4) is 0 Å². The molecule has 1 fully saturated rings. The predicted octanol–water partition coefficient (Wildman–Crippen LogP) is -12.9. The first-order valence-corrected chi connectivity index (χ1v) is 27.6. The maximum atomic E-state index is 14.5. The van der Waals surface area contributed by atoms with Crippen LogP contribution < -0.4 is 106 Å². The van der Waals surface area contributed by atoms with Crippen LogP contribution >= 0.6 is 0 Å². The number of hydrogen-bond acceptors (Lipinski definition) is 20. The van der Waals surface area contributed by atoms with E-state index in [9.17, 15) is 72.9 Å². The summed E-state index contributed by atoms with van der Waals surface area (Å²) in [5, 5.41) is 49.2. The number of guanidine groups is 4. The van der Waals surface area contributed by atoms with Crippen LogP contribution in [0.5, 0.6) is 0 Å². The zero-order valence-electron chi connectivity index (χ0n) is 48.2. The number of nitrogens with one attached hydrogen (secondary N) is 8. The summed E-state index contributed by atoms with van der Waals surface area (Å²) in [6, 6.07) is -15.1. The Balaban J connectivity index is 3.71. The van der Waals surface area contributed by atoms with Crippen molar-refractivity contribution in [2.75, 3.05) is 52.5 Å². The molecule has 87 heavy (non-hydrogen) atoms. The van der Waals surface area contributed by atoms with E-state index in [1.54, 1.807) is 0 Å². The van der Waals surface area contributed by atoms with Gasteiger partial charge in [-0.25, -0.2) is 0 Å². The summed E-state index contributed by atoms with van der Waals surface area (Å²) >= 11 is 0. The lowest BCUT2D eigenvalue weighted by Gasteiger charge is -2.30. The van der Waals surface area contributed by atoms with Gasteiger partial charge in [0.15, 0.2) is 23.8 Å². The van der Waals surface area contributed by atoms with E-state index in [1.807, 2.05) is 0 Å². The number of carbonyl (C=O) groups excluding carboxylic acids is 12. The average molecular weight is 1240 g/mol. The Morgan fingerprint density at radius 1 is 0.437 bits per heavy atom. The first kappa shape index (κ1) is 75.8. The summed E-state index contributed by atoms with van der Waals surface area (Å²) in [7, 11) is 0. The van der Waals surface area contributed by atoms with Gasteiger partial charge in [-0.05, 0) is 77.0 Å². The molecule has 1 aliphatic heterocycles. The van der Waals surface area contributed by atoms with Gasteiger partial charge in [-0.15, -0.1) is 0 Å². The van der Waals surface area contributed by atoms with Crippen LogP contribution in [-0.4, -0.2) is 228 Å². The minimum absolute atomic E-state index is 0.0163. The molecule has 0 unspecified atom stereocenters. The second-order valence-electron chi connectivity index (χ2n) is 19.8. The maximum absolute atomic E-state index is 14.5. The van der Waals surface area contributed by atoms with E-state index in [2.05, 4.69) is 62.5 Å². The lowest BCUT2D eigenvalue weighted by Crippen LogP contribution is -2.60. The summed E-state index contributed by atoms with van der Waals surface area (Å²) in [6.07, 6.45) is -1.45. The fourth-order valence-electron chi connectivity index (χ4n) is 8.27.